The molecule has 1 heterocycles. The molecule has 2 aromatic carbocycles. The highest BCUT2D eigenvalue weighted by Crippen LogP contribution is 2.33. The first-order valence-electron chi connectivity index (χ1n) is 6.86. The lowest BCUT2D eigenvalue weighted by Gasteiger charge is -2.21. The molecule has 0 unspecified atom stereocenters. The van der Waals surface area contributed by atoms with Crippen LogP contribution in [0, 0.1) is 5.82 Å². The molecule has 0 aliphatic carbocycles. The summed E-state index contributed by atoms with van der Waals surface area (Å²) in [7, 11) is 0. The van der Waals surface area contributed by atoms with E-state index in [4.69, 9.17) is 5.73 Å². The van der Waals surface area contributed by atoms with Gasteiger partial charge >= 0.3 is 0 Å². The minimum absolute atomic E-state index is 0.244. The van der Waals surface area contributed by atoms with Gasteiger partial charge in [-0.1, -0.05) is 29.5 Å². The summed E-state index contributed by atoms with van der Waals surface area (Å²) in [4.78, 5) is 6.68. The van der Waals surface area contributed by atoms with Crippen molar-refractivity contribution in [3.8, 4) is 0 Å². The number of halogens is 1. The van der Waals surface area contributed by atoms with Crippen molar-refractivity contribution in [1.82, 2.24) is 4.98 Å². The lowest BCUT2D eigenvalue weighted by molar-refractivity contribution is 0.627. The molecule has 0 saturated carbocycles. The second kappa shape index (κ2) is 6.20. The van der Waals surface area contributed by atoms with Gasteiger partial charge in [-0.25, -0.2) is 9.37 Å². The van der Waals surface area contributed by atoms with Crippen LogP contribution in [0.1, 0.15) is 6.42 Å². The van der Waals surface area contributed by atoms with Crippen molar-refractivity contribution in [2.24, 2.45) is 5.73 Å². The second-order valence-corrected chi connectivity index (χ2v) is 5.75. The molecular formula is C16H16FN3S. The number of fused-ring (bicyclic) bond motifs is 1. The van der Waals surface area contributed by atoms with Gasteiger partial charge in [0.1, 0.15) is 5.82 Å². The molecule has 0 aliphatic heterocycles. The Morgan fingerprint density at radius 1 is 1.14 bits per heavy atom. The smallest absolute Gasteiger partial charge is 0.190 e. The SMILES string of the molecule is NCCCN(c1cccc(F)c1)c1nc2ccccc2s1. The Bertz CT molecular complexity index is 708. The van der Waals surface area contributed by atoms with Crippen molar-refractivity contribution in [3.05, 3.63) is 54.3 Å². The van der Waals surface area contributed by atoms with Crippen molar-refractivity contribution in [2.75, 3.05) is 18.0 Å². The van der Waals surface area contributed by atoms with Crippen LogP contribution >= 0.6 is 11.3 Å². The van der Waals surface area contributed by atoms with Crippen LogP contribution in [0.5, 0.6) is 0 Å². The Labute approximate surface area is 126 Å². The first kappa shape index (κ1) is 14.0. The van der Waals surface area contributed by atoms with Gasteiger partial charge in [0, 0.05) is 12.2 Å². The third kappa shape index (κ3) is 3.04. The number of para-hydroxylation sites is 1. The fourth-order valence-electron chi connectivity index (χ4n) is 2.20. The maximum absolute atomic E-state index is 13.5. The maximum Gasteiger partial charge on any atom is 0.190 e. The van der Waals surface area contributed by atoms with Gasteiger partial charge in [0.2, 0.25) is 0 Å². The van der Waals surface area contributed by atoms with Crippen molar-refractivity contribution >= 4 is 32.4 Å². The zero-order valence-corrected chi connectivity index (χ0v) is 12.3. The number of nitrogens with two attached hydrogens (primary N) is 1. The molecule has 3 rings (SSSR count). The zero-order valence-electron chi connectivity index (χ0n) is 11.5. The molecule has 5 heteroatoms. The van der Waals surface area contributed by atoms with Crippen LogP contribution in [0.4, 0.5) is 15.2 Å². The molecular weight excluding hydrogens is 285 g/mol. The molecule has 2 N–H and O–H groups in total. The fourth-order valence-corrected chi connectivity index (χ4v) is 3.22. The molecule has 3 nitrogen and oxygen atoms in total. The highest BCUT2D eigenvalue weighted by Gasteiger charge is 2.14. The van der Waals surface area contributed by atoms with Crippen LogP contribution in [0.3, 0.4) is 0 Å². The number of hydrogen-bond donors (Lipinski definition) is 1. The molecule has 108 valence electrons. The van der Waals surface area contributed by atoms with E-state index in [1.54, 1.807) is 17.4 Å². The predicted molar refractivity (Wildman–Crippen MR) is 86.7 cm³/mol. The predicted octanol–water partition coefficient (Wildman–Crippen LogP) is 3.92. The average molecular weight is 301 g/mol. The van der Waals surface area contributed by atoms with E-state index in [2.05, 4.69) is 4.98 Å². The highest BCUT2D eigenvalue weighted by molar-refractivity contribution is 7.22. The van der Waals surface area contributed by atoms with Crippen LogP contribution in [-0.4, -0.2) is 18.1 Å². The van der Waals surface area contributed by atoms with Crippen LogP contribution in [-0.2, 0) is 0 Å². The van der Waals surface area contributed by atoms with Crippen molar-refractivity contribution in [2.45, 2.75) is 6.42 Å². The Morgan fingerprint density at radius 3 is 2.76 bits per heavy atom. The summed E-state index contributed by atoms with van der Waals surface area (Å²) in [6.07, 6.45) is 0.826. The Morgan fingerprint density at radius 2 is 2.00 bits per heavy atom. The van der Waals surface area contributed by atoms with Crippen LogP contribution in [0.25, 0.3) is 10.2 Å². The van der Waals surface area contributed by atoms with E-state index in [0.29, 0.717) is 6.54 Å². The molecule has 0 saturated heterocycles. The van der Waals surface area contributed by atoms with Crippen LogP contribution in [0.15, 0.2) is 48.5 Å². The lowest BCUT2D eigenvalue weighted by atomic mass is 10.2. The number of aromatic nitrogens is 1. The summed E-state index contributed by atoms with van der Waals surface area (Å²) in [5, 5.41) is 0.871. The van der Waals surface area contributed by atoms with Crippen LogP contribution in [0.2, 0.25) is 0 Å². The first-order chi connectivity index (χ1) is 10.3. The van der Waals surface area contributed by atoms with Crippen LogP contribution < -0.4 is 10.6 Å². The average Bonchev–Trinajstić information content (AvgIpc) is 2.91. The van der Waals surface area contributed by atoms with E-state index in [1.807, 2.05) is 35.2 Å². The van der Waals surface area contributed by atoms with E-state index >= 15 is 0 Å². The quantitative estimate of drug-likeness (QED) is 0.776. The van der Waals surface area contributed by atoms with E-state index < -0.39 is 0 Å². The number of hydrogen-bond acceptors (Lipinski definition) is 4. The van der Waals surface area contributed by atoms with Crippen molar-refractivity contribution in [1.29, 1.82) is 0 Å². The molecule has 21 heavy (non-hydrogen) atoms. The molecule has 1 aromatic heterocycles. The number of thiazole rings is 1. The van der Waals surface area contributed by atoms with E-state index in [0.717, 1.165) is 34.0 Å². The summed E-state index contributed by atoms with van der Waals surface area (Å²) in [5.74, 6) is -0.244. The summed E-state index contributed by atoms with van der Waals surface area (Å²) in [5.41, 5.74) is 7.39. The Kier molecular flexibility index (Phi) is 4.13. The molecule has 0 fully saturated rings. The van der Waals surface area contributed by atoms with E-state index in [-0.39, 0.29) is 5.82 Å². The van der Waals surface area contributed by atoms with Crippen molar-refractivity contribution in [3.63, 3.8) is 0 Å². The van der Waals surface area contributed by atoms with Gasteiger partial charge in [-0.05, 0) is 43.3 Å². The normalized spacial score (nSPS) is 11.0. The first-order valence-corrected chi connectivity index (χ1v) is 7.68. The third-order valence-corrected chi connectivity index (χ3v) is 4.28. The van der Waals surface area contributed by atoms with Gasteiger partial charge in [0.15, 0.2) is 5.13 Å². The molecule has 0 atom stereocenters. The van der Waals surface area contributed by atoms with Gasteiger partial charge in [-0.2, -0.15) is 0 Å². The maximum atomic E-state index is 13.5. The number of benzene rings is 2. The highest BCUT2D eigenvalue weighted by atomic mass is 32.1. The van der Waals surface area contributed by atoms with Crippen molar-refractivity contribution < 1.29 is 4.39 Å². The molecule has 0 bridgehead atoms. The molecule has 0 spiro atoms. The monoisotopic (exact) mass is 301 g/mol. The topological polar surface area (TPSA) is 42.1 Å². The number of nitrogens with zero attached hydrogens (tertiary/aromatic N) is 2. The number of anilines is 2. The standard InChI is InChI=1S/C16H16FN3S/c17-12-5-3-6-13(11-12)20(10-4-9-18)16-19-14-7-1-2-8-15(14)21-16/h1-3,5-8,11H,4,9-10,18H2. The summed E-state index contributed by atoms with van der Waals surface area (Å²) >= 11 is 1.61. The van der Waals surface area contributed by atoms with Gasteiger partial charge in [0.25, 0.3) is 0 Å². The number of rotatable bonds is 5. The Hall–Kier alpha value is -1.98. The Balaban J connectivity index is 2.02. The zero-order chi connectivity index (χ0) is 14.7. The molecule has 0 radical (unpaired) electrons. The fraction of sp³-hybridized carbons (Fsp3) is 0.188. The minimum Gasteiger partial charge on any atom is -0.330 e. The molecule has 0 aliphatic rings. The third-order valence-electron chi connectivity index (χ3n) is 3.22. The van der Waals surface area contributed by atoms with Gasteiger partial charge < -0.3 is 10.6 Å². The largest absolute Gasteiger partial charge is 0.330 e. The van der Waals surface area contributed by atoms with Gasteiger partial charge in [-0.3, -0.25) is 0 Å². The summed E-state index contributed by atoms with van der Waals surface area (Å²) in [6.45, 7) is 1.32. The van der Waals surface area contributed by atoms with E-state index in [1.165, 1.54) is 12.1 Å². The van der Waals surface area contributed by atoms with Gasteiger partial charge in [-0.15, -0.1) is 0 Å². The molecule has 0 amide bonds. The summed E-state index contributed by atoms with van der Waals surface area (Å²) in [6, 6.07) is 14.6. The lowest BCUT2D eigenvalue weighted by Crippen LogP contribution is -2.20. The minimum atomic E-state index is -0.244. The van der Waals surface area contributed by atoms with Gasteiger partial charge in [0.05, 0.1) is 10.2 Å². The second-order valence-electron chi connectivity index (χ2n) is 4.74. The van der Waals surface area contributed by atoms with E-state index in [9.17, 15) is 4.39 Å². The summed E-state index contributed by atoms with van der Waals surface area (Å²) < 4.78 is 14.6. The molecule has 3 aromatic rings.